The molecule has 0 saturated heterocycles. The molecular formula is C18H20N2O. The number of hydrogen-bond donors (Lipinski definition) is 1. The molecule has 108 valence electrons. The summed E-state index contributed by atoms with van der Waals surface area (Å²) in [6, 6.07) is 17.2. The van der Waals surface area contributed by atoms with Crippen molar-refractivity contribution in [2.75, 3.05) is 0 Å². The fourth-order valence-corrected chi connectivity index (χ4v) is 1.89. The van der Waals surface area contributed by atoms with Gasteiger partial charge in [-0.05, 0) is 28.7 Å². The quantitative estimate of drug-likeness (QED) is 0.675. The summed E-state index contributed by atoms with van der Waals surface area (Å²) in [4.78, 5) is 11.8. The number of hydrogen-bond acceptors (Lipinski definition) is 2. The van der Waals surface area contributed by atoms with Crippen molar-refractivity contribution in [2.24, 2.45) is 5.10 Å². The summed E-state index contributed by atoms with van der Waals surface area (Å²) in [6.45, 7) is 6.53. The molecule has 0 bridgehead atoms. The molecular weight excluding hydrogens is 260 g/mol. The summed E-state index contributed by atoms with van der Waals surface area (Å²) in [6.07, 6.45) is 1.65. The van der Waals surface area contributed by atoms with Gasteiger partial charge in [-0.25, -0.2) is 5.43 Å². The number of carbonyl (C=O) groups excluding carboxylic acids is 1. The second-order valence-electron chi connectivity index (χ2n) is 5.94. The maximum Gasteiger partial charge on any atom is 0.271 e. The van der Waals surface area contributed by atoms with E-state index in [1.807, 2.05) is 30.3 Å². The predicted octanol–water partition coefficient (Wildman–Crippen LogP) is 3.75. The Morgan fingerprint density at radius 3 is 2.19 bits per heavy atom. The molecule has 0 radical (unpaired) electrons. The summed E-state index contributed by atoms with van der Waals surface area (Å²) in [5, 5.41) is 3.99. The lowest BCUT2D eigenvalue weighted by atomic mass is 9.87. The molecule has 0 aliphatic carbocycles. The Labute approximate surface area is 125 Å². The Morgan fingerprint density at radius 2 is 1.62 bits per heavy atom. The van der Waals surface area contributed by atoms with Crippen LogP contribution >= 0.6 is 0 Å². The first kappa shape index (κ1) is 15.0. The van der Waals surface area contributed by atoms with Crippen LogP contribution in [0.3, 0.4) is 0 Å². The van der Waals surface area contributed by atoms with E-state index in [4.69, 9.17) is 0 Å². The molecule has 2 aromatic carbocycles. The van der Waals surface area contributed by atoms with Crippen molar-refractivity contribution in [1.29, 1.82) is 0 Å². The Morgan fingerprint density at radius 1 is 1.00 bits per heavy atom. The van der Waals surface area contributed by atoms with Crippen LogP contribution in [-0.2, 0) is 5.41 Å². The van der Waals surface area contributed by atoms with Crippen LogP contribution in [0.2, 0.25) is 0 Å². The van der Waals surface area contributed by atoms with E-state index in [9.17, 15) is 4.79 Å². The molecule has 0 aliphatic heterocycles. The molecule has 0 atom stereocenters. The number of nitrogens with zero attached hydrogens (tertiary/aromatic N) is 1. The molecule has 0 fully saturated rings. The number of hydrazone groups is 1. The van der Waals surface area contributed by atoms with Crippen LogP contribution in [0.25, 0.3) is 0 Å². The van der Waals surface area contributed by atoms with Gasteiger partial charge in [0, 0.05) is 5.56 Å². The van der Waals surface area contributed by atoms with E-state index in [-0.39, 0.29) is 11.3 Å². The number of nitrogens with one attached hydrogen (secondary N) is 1. The minimum Gasteiger partial charge on any atom is -0.267 e. The van der Waals surface area contributed by atoms with Gasteiger partial charge in [0.25, 0.3) is 5.91 Å². The van der Waals surface area contributed by atoms with Crippen LogP contribution in [0.1, 0.15) is 42.3 Å². The van der Waals surface area contributed by atoms with Crippen molar-refractivity contribution in [2.45, 2.75) is 26.2 Å². The molecule has 0 heterocycles. The minimum atomic E-state index is -0.210. The van der Waals surface area contributed by atoms with E-state index >= 15 is 0 Å². The van der Waals surface area contributed by atoms with Crippen molar-refractivity contribution in [3.8, 4) is 0 Å². The molecule has 0 aromatic heterocycles. The zero-order valence-corrected chi connectivity index (χ0v) is 12.6. The monoisotopic (exact) mass is 280 g/mol. The molecule has 0 unspecified atom stereocenters. The molecule has 0 saturated carbocycles. The second-order valence-corrected chi connectivity index (χ2v) is 5.94. The topological polar surface area (TPSA) is 41.5 Å². The summed E-state index contributed by atoms with van der Waals surface area (Å²) < 4.78 is 0. The highest BCUT2D eigenvalue weighted by Crippen LogP contribution is 2.21. The summed E-state index contributed by atoms with van der Waals surface area (Å²) in [5.74, 6) is -0.210. The van der Waals surface area contributed by atoms with Gasteiger partial charge in [-0.15, -0.1) is 0 Å². The van der Waals surface area contributed by atoms with Crippen LogP contribution < -0.4 is 5.43 Å². The van der Waals surface area contributed by atoms with E-state index in [0.29, 0.717) is 5.56 Å². The van der Waals surface area contributed by atoms with Gasteiger partial charge in [-0.1, -0.05) is 63.2 Å². The zero-order valence-electron chi connectivity index (χ0n) is 12.6. The third-order valence-corrected chi connectivity index (χ3v) is 3.19. The van der Waals surface area contributed by atoms with Gasteiger partial charge in [0.05, 0.1) is 6.21 Å². The van der Waals surface area contributed by atoms with E-state index < -0.39 is 0 Å². The fraction of sp³-hybridized carbons (Fsp3) is 0.222. The number of carbonyl (C=O) groups is 1. The molecule has 0 aliphatic rings. The first-order chi connectivity index (χ1) is 9.97. The average molecular weight is 280 g/mol. The van der Waals surface area contributed by atoms with E-state index in [1.165, 1.54) is 5.56 Å². The molecule has 0 spiro atoms. The molecule has 2 rings (SSSR count). The highest BCUT2D eigenvalue weighted by molar-refractivity contribution is 5.94. The molecule has 1 N–H and O–H groups in total. The highest BCUT2D eigenvalue weighted by atomic mass is 16.2. The second kappa shape index (κ2) is 6.35. The largest absolute Gasteiger partial charge is 0.271 e. The number of rotatable bonds is 3. The van der Waals surface area contributed by atoms with Gasteiger partial charge in [-0.2, -0.15) is 5.10 Å². The molecule has 21 heavy (non-hydrogen) atoms. The van der Waals surface area contributed by atoms with Crippen molar-refractivity contribution < 1.29 is 4.79 Å². The van der Waals surface area contributed by atoms with Gasteiger partial charge >= 0.3 is 0 Å². The molecule has 3 heteroatoms. The van der Waals surface area contributed by atoms with Crippen LogP contribution in [0, 0.1) is 0 Å². The smallest absolute Gasteiger partial charge is 0.267 e. The molecule has 2 aromatic rings. The van der Waals surface area contributed by atoms with E-state index in [0.717, 1.165) is 5.56 Å². The Bertz CT molecular complexity index is 623. The third kappa shape index (κ3) is 4.28. The lowest BCUT2D eigenvalue weighted by Crippen LogP contribution is -2.17. The fourth-order valence-electron chi connectivity index (χ4n) is 1.89. The third-order valence-electron chi connectivity index (χ3n) is 3.19. The lowest BCUT2D eigenvalue weighted by molar-refractivity contribution is 0.0955. The highest BCUT2D eigenvalue weighted by Gasteiger charge is 2.12. The maximum absolute atomic E-state index is 11.8. The van der Waals surface area contributed by atoms with Crippen molar-refractivity contribution in [1.82, 2.24) is 5.43 Å². The normalized spacial score (nSPS) is 11.6. The van der Waals surface area contributed by atoms with Crippen LogP contribution in [-0.4, -0.2) is 12.1 Å². The molecule has 3 nitrogen and oxygen atoms in total. The number of amides is 1. The predicted molar refractivity (Wildman–Crippen MR) is 86.6 cm³/mol. The van der Waals surface area contributed by atoms with Gasteiger partial charge in [0.1, 0.15) is 0 Å². The Balaban J connectivity index is 1.97. The number of benzene rings is 2. The van der Waals surface area contributed by atoms with Gasteiger partial charge in [0.15, 0.2) is 0 Å². The Kier molecular flexibility index (Phi) is 4.53. The standard InChI is InChI=1S/C18H20N2O/c1-18(2,3)16-11-9-14(10-12-16)13-19-20-17(21)15-7-5-4-6-8-15/h4-13H,1-3H3,(H,20,21)/b19-13+. The summed E-state index contributed by atoms with van der Waals surface area (Å²) in [5.41, 5.74) is 5.48. The summed E-state index contributed by atoms with van der Waals surface area (Å²) >= 11 is 0. The average Bonchev–Trinajstić information content (AvgIpc) is 2.47. The van der Waals surface area contributed by atoms with Crippen LogP contribution in [0.5, 0.6) is 0 Å². The maximum atomic E-state index is 11.8. The zero-order chi connectivity index (χ0) is 15.3. The SMILES string of the molecule is CC(C)(C)c1ccc(/C=N/NC(=O)c2ccccc2)cc1. The van der Waals surface area contributed by atoms with E-state index in [2.05, 4.69) is 43.4 Å². The van der Waals surface area contributed by atoms with Gasteiger partial charge < -0.3 is 0 Å². The molecule has 1 amide bonds. The first-order valence-corrected chi connectivity index (χ1v) is 6.96. The summed E-state index contributed by atoms with van der Waals surface area (Å²) in [7, 11) is 0. The lowest BCUT2D eigenvalue weighted by Gasteiger charge is -2.18. The van der Waals surface area contributed by atoms with Crippen molar-refractivity contribution >= 4 is 12.1 Å². The minimum absolute atomic E-state index is 0.136. The first-order valence-electron chi connectivity index (χ1n) is 6.96. The van der Waals surface area contributed by atoms with Crippen LogP contribution in [0.4, 0.5) is 0 Å². The Hall–Kier alpha value is -2.42. The van der Waals surface area contributed by atoms with E-state index in [1.54, 1.807) is 18.3 Å². The van der Waals surface area contributed by atoms with Crippen molar-refractivity contribution in [3.63, 3.8) is 0 Å². The van der Waals surface area contributed by atoms with Crippen LogP contribution in [0.15, 0.2) is 59.7 Å². The van der Waals surface area contributed by atoms with Gasteiger partial charge in [-0.3, -0.25) is 4.79 Å². The van der Waals surface area contributed by atoms with Crippen molar-refractivity contribution in [3.05, 3.63) is 71.3 Å². The van der Waals surface area contributed by atoms with Gasteiger partial charge in [0.2, 0.25) is 0 Å².